The highest BCUT2D eigenvalue weighted by Crippen LogP contribution is 2.16. The average Bonchev–Trinajstić information content (AvgIpc) is 2.48. The molecule has 0 aliphatic carbocycles. The van der Waals surface area contributed by atoms with Crippen molar-refractivity contribution in [2.24, 2.45) is 0 Å². The summed E-state index contributed by atoms with van der Waals surface area (Å²) in [7, 11) is 0. The lowest BCUT2D eigenvalue weighted by atomic mass is 10.2. The number of benzene rings is 2. The van der Waals surface area contributed by atoms with Crippen LogP contribution >= 0.6 is 0 Å². The minimum atomic E-state index is -0.785. The van der Waals surface area contributed by atoms with E-state index in [2.05, 4.69) is 10.6 Å². The molecule has 1 unspecified atom stereocenters. The first-order chi connectivity index (χ1) is 10.9. The third-order valence-electron chi connectivity index (χ3n) is 2.95. The number of carbonyl (C=O) groups is 2. The summed E-state index contributed by atoms with van der Waals surface area (Å²) in [4.78, 5) is 23.0. The first-order valence-electron chi connectivity index (χ1n) is 7.05. The van der Waals surface area contributed by atoms with Crippen LogP contribution in [0.15, 0.2) is 48.5 Å². The maximum absolute atomic E-state index is 13.1. The molecule has 2 amide bonds. The minimum Gasteiger partial charge on any atom is -0.481 e. The second-order valence-electron chi connectivity index (χ2n) is 4.97. The van der Waals surface area contributed by atoms with Crippen LogP contribution < -0.4 is 15.4 Å². The number of rotatable bonds is 5. The van der Waals surface area contributed by atoms with Crippen LogP contribution in [0.2, 0.25) is 0 Å². The van der Waals surface area contributed by atoms with Crippen molar-refractivity contribution in [1.82, 2.24) is 0 Å². The first-order valence-corrected chi connectivity index (χ1v) is 7.05. The Morgan fingerprint density at radius 2 is 1.65 bits per heavy atom. The molecular formula is C17H17FN2O3. The summed E-state index contributed by atoms with van der Waals surface area (Å²) in [5.74, 6) is -0.669. The van der Waals surface area contributed by atoms with Crippen LogP contribution in [0, 0.1) is 5.82 Å². The van der Waals surface area contributed by atoms with Gasteiger partial charge in [-0.2, -0.15) is 0 Å². The zero-order valence-electron chi connectivity index (χ0n) is 12.8. The fourth-order valence-corrected chi connectivity index (χ4v) is 1.88. The predicted molar refractivity (Wildman–Crippen MR) is 85.9 cm³/mol. The smallest absolute Gasteiger partial charge is 0.265 e. The number of carbonyl (C=O) groups excluding carboxylic acids is 2. The third-order valence-corrected chi connectivity index (χ3v) is 2.95. The average molecular weight is 316 g/mol. The van der Waals surface area contributed by atoms with Gasteiger partial charge in [-0.25, -0.2) is 4.39 Å². The molecule has 0 spiro atoms. The molecule has 0 bridgehead atoms. The SMILES string of the molecule is CC(=O)Nc1ccc(NC(=O)C(C)Oc2cccc(F)c2)cc1. The molecule has 5 nitrogen and oxygen atoms in total. The van der Waals surface area contributed by atoms with Crippen molar-refractivity contribution >= 4 is 23.2 Å². The van der Waals surface area contributed by atoms with E-state index in [1.165, 1.54) is 25.1 Å². The van der Waals surface area contributed by atoms with Crippen molar-refractivity contribution in [2.75, 3.05) is 10.6 Å². The molecule has 6 heteroatoms. The van der Waals surface area contributed by atoms with E-state index in [9.17, 15) is 14.0 Å². The van der Waals surface area contributed by atoms with Crippen LogP contribution in [0.5, 0.6) is 5.75 Å². The molecule has 2 N–H and O–H groups in total. The maximum atomic E-state index is 13.1. The number of ether oxygens (including phenoxy) is 1. The zero-order valence-corrected chi connectivity index (χ0v) is 12.8. The van der Waals surface area contributed by atoms with Gasteiger partial charge in [0.2, 0.25) is 5.91 Å². The van der Waals surface area contributed by atoms with E-state index in [0.29, 0.717) is 11.4 Å². The van der Waals surface area contributed by atoms with Crippen LogP contribution in [0.1, 0.15) is 13.8 Å². The van der Waals surface area contributed by atoms with Crippen molar-refractivity contribution in [3.05, 3.63) is 54.3 Å². The van der Waals surface area contributed by atoms with Gasteiger partial charge in [0.1, 0.15) is 11.6 Å². The molecule has 0 radical (unpaired) electrons. The Morgan fingerprint density at radius 1 is 1.04 bits per heavy atom. The van der Waals surface area contributed by atoms with E-state index >= 15 is 0 Å². The van der Waals surface area contributed by atoms with Crippen molar-refractivity contribution in [3.63, 3.8) is 0 Å². The van der Waals surface area contributed by atoms with E-state index in [0.717, 1.165) is 0 Å². The van der Waals surface area contributed by atoms with E-state index in [-0.39, 0.29) is 17.6 Å². The summed E-state index contributed by atoms with van der Waals surface area (Å²) in [5.41, 5.74) is 1.21. The standard InChI is InChI=1S/C17H17FN2O3/c1-11(23-16-5-3-4-13(18)10-16)17(22)20-15-8-6-14(7-9-15)19-12(2)21/h3-11H,1-2H3,(H,19,21)(H,20,22). The number of anilines is 2. The van der Waals surface area contributed by atoms with Crippen molar-refractivity contribution < 1.29 is 18.7 Å². The molecule has 0 saturated carbocycles. The van der Waals surface area contributed by atoms with Crippen LogP contribution in [0.4, 0.5) is 15.8 Å². The number of halogens is 1. The van der Waals surface area contributed by atoms with E-state index < -0.39 is 11.9 Å². The monoisotopic (exact) mass is 316 g/mol. The molecule has 2 rings (SSSR count). The highest BCUT2D eigenvalue weighted by molar-refractivity contribution is 5.94. The molecule has 0 saturated heterocycles. The van der Waals surface area contributed by atoms with Gasteiger partial charge in [-0.3, -0.25) is 9.59 Å². The molecule has 2 aromatic carbocycles. The molecule has 0 aromatic heterocycles. The molecule has 0 aliphatic heterocycles. The van der Waals surface area contributed by atoms with Crippen LogP contribution in [0.25, 0.3) is 0 Å². The fourth-order valence-electron chi connectivity index (χ4n) is 1.88. The molecule has 1 atom stereocenters. The predicted octanol–water partition coefficient (Wildman–Crippen LogP) is 3.19. The van der Waals surface area contributed by atoms with E-state index in [1.807, 2.05) is 0 Å². The zero-order chi connectivity index (χ0) is 16.8. The normalized spacial score (nSPS) is 11.4. The van der Waals surface area contributed by atoms with Gasteiger partial charge in [0, 0.05) is 24.4 Å². The maximum Gasteiger partial charge on any atom is 0.265 e. The number of amides is 2. The summed E-state index contributed by atoms with van der Waals surface area (Å²) in [6.07, 6.45) is -0.785. The Balaban J connectivity index is 1.94. The van der Waals surface area contributed by atoms with Gasteiger partial charge < -0.3 is 15.4 Å². The number of hydrogen-bond donors (Lipinski definition) is 2. The number of hydrogen-bond acceptors (Lipinski definition) is 3. The Bertz CT molecular complexity index is 701. The Kier molecular flexibility index (Phi) is 5.30. The minimum absolute atomic E-state index is 0.168. The van der Waals surface area contributed by atoms with Gasteiger partial charge in [0.05, 0.1) is 0 Å². The highest BCUT2D eigenvalue weighted by Gasteiger charge is 2.15. The Hall–Kier alpha value is -2.89. The van der Waals surface area contributed by atoms with Gasteiger partial charge in [0.15, 0.2) is 6.10 Å². The van der Waals surface area contributed by atoms with Crippen LogP contribution in [-0.4, -0.2) is 17.9 Å². The summed E-state index contributed by atoms with van der Waals surface area (Å²) in [6, 6.07) is 12.3. The van der Waals surface area contributed by atoms with Crippen LogP contribution in [-0.2, 0) is 9.59 Å². The largest absolute Gasteiger partial charge is 0.481 e. The summed E-state index contributed by atoms with van der Waals surface area (Å²) in [6.45, 7) is 2.99. The quantitative estimate of drug-likeness (QED) is 0.890. The summed E-state index contributed by atoms with van der Waals surface area (Å²) >= 11 is 0. The molecule has 2 aromatic rings. The second kappa shape index (κ2) is 7.40. The van der Waals surface area contributed by atoms with E-state index in [4.69, 9.17) is 4.74 Å². The first kappa shape index (κ1) is 16.5. The van der Waals surface area contributed by atoms with Gasteiger partial charge >= 0.3 is 0 Å². The summed E-state index contributed by atoms with van der Waals surface area (Å²) in [5, 5.41) is 5.32. The Morgan fingerprint density at radius 3 is 2.22 bits per heavy atom. The second-order valence-corrected chi connectivity index (χ2v) is 4.97. The third kappa shape index (κ3) is 5.10. The van der Waals surface area contributed by atoms with Gasteiger partial charge in [-0.1, -0.05) is 6.07 Å². The van der Waals surface area contributed by atoms with Gasteiger partial charge in [0.25, 0.3) is 5.91 Å². The molecule has 0 fully saturated rings. The molecule has 0 aliphatic rings. The van der Waals surface area contributed by atoms with Crippen LogP contribution in [0.3, 0.4) is 0 Å². The molecular weight excluding hydrogens is 299 g/mol. The lowest BCUT2D eigenvalue weighted by molar-refractivity contribution is -0.122. The van der Waals surface area contributed by atoms with Crippen molar-refractivity contribution in [1.29, 1.82) is 0 Å². The van der Waals surface area contributed by atoms with Gasteiger partial charge in [-0.05, 0) is 43.3 Å². The molecule has 23 heavy (non-hydrogen) atoms. The fraction of sp³-hybridized carbons (Fsp3) is 0.176. The lowest BCUT2D eigenvalue weighted by Crippen LogP contribution is -2.30. The highest BCUT2D eigenvalue weighted by atomic mass is 19.1. The molecule has 120 valence electrons. The lowest BCUT2D eigenvalue weighted by Gasteiger charge is -2.15. The topological polar surface area (TPSA) is 67.4 Å². The molecule has 0 heterocycles. The summed E-state index contributed by atoms with van der Waals surface area (Å²) < 4.78 is 18.5. The van der Waals surface area contributed by atoms with Crippen molar-refractivity contribution in [3.8, 4) is 5.75 Å². The Labute approximate surface area is 133 Å². The van der Waals surface area contributed by atoms with Crippen molar-refractivity contribution in [2.45, 2.75) is 20.0 Å². The number of nitrogens with one attached hydrogen (secondary N) is 2. The van der Waals surface area contributed by atoms with Gasteiger partial charge in [-0.15, -0.1) is 0 Å². The van der Waals surface area contributed by atoms with E-state index in [1.54, 1.807) is 37.3 Å².